The lowest BCUT2D eigenvalue weighted by Gasteiger charge is -2.17. The summed E-state index contributed by atoms with van der Waals surface area (Å²) in [7, 11) is 0. The Labute approximate surface area is 198 Å². The average Bonchev–Trinajstić information content (AvgIpc) is 3.09. The van der Waals surface area contributed by atoms with Gasteiger partial charge in [-0.1, -0.05) is 48.0 Å². The van der Waals surface area contributed by atoms with Crippen molar-refractivity contribution in [1.29, 1.82) is 0 Å². The lowest BCUT2D eigenvalue weighted by atomic mass is 10.0. The van der Waals surface area contributed by atoms with Crippen molar-refractivity contribution in [2.24, 2.45) is 0 Å². The van der Waals surface area contributed by atoms with Crippen molar-refractivity contribution < 1.29 is 9.53 Å². The molecule has 164 valence electrons. The van der Waals surface area contributed by atoms with E-state index in [9.17, 15) is 9.59 Å². The first-order valence-corrected chi connectivity index (χ1v) is 11.4. The molecular weight excluding hydrogens is 466 g/mol. The number of aromatic amines is 1. The number of benzene rings is 2. The largest absolute Gasteiger partial charge is 0.479 e. The van der Waals surface area contributed by atoms with Gasteiger partial charge in [-0.05, 0) is 56.2 Å². The van der Waals surface area contributed by atoms with E-state index in [0.29, 0.717) is 21.0 Å². The summed E-state index contributed by atoms with van der Waals surface area (Å²) in [6, 6.07) is 14.9. The Kier molecular flexibility index (Phi) is 6.19. The van der Waals surface area contributed by atoms with Gasteiger partial charge in [0.15, 0.2) is 6.10 Å². The summed E-state index contributed by atoms with van der Waals surface area (Å²) >= 11 is 13.0. The fourth-order valence-corrected chi connectivity index (χ4v) is 4.92. The number of hydrogen-bond donors (Lipinski definition) is 2. The van der Waals surface area contributed by atoms with Gasteiger partial charge in [0, 0.05) is 10.4 Å². The number of nitrogens with one attached hydrogen (secondary N) is 2. The first-order chi connectivity index (χ1) is 15.3. The van der Waals surface area contributed by atoms with Crippen LogP contribution in [0.2, 0.25) is 5.02 Å². The minimum absolute atomic E-state index is 0.0949. The highest BCUT2D eigenvalue weighted by atomic mass is 35.5. The number of fused-ring (bicyclic) bond motifs is 1. The van der Waals surface area contributed by atoms with Crippen molar-refractivity contribution >= 4 is 51.3 Å². The van der Waals surface area contributed by atoms with Crippen molar-refractivity contribution in [1.82, 2.24) is 9.66 Å². The van der Waals surface area contributed by atoms with E-state index in [1.165, 1.54) is 11.3 Å². The van der Waals surface area contributed by atoms with E-state index in [-0.39, 0.29) is 4.77 Å². The zero-order chi connectivity index (χ0) is 23.0. The van der Waals surface area contributed by atoms with Crippen LogP contribution >= 0.6 is 35.2 Å². The third-order valence-corrected chi connectivity index (χ3v) is 6.59. The maximum Gasteiger partial charge on any atom is 0.282 e. The van der Waals surface area contributed by atoms with Gasteiger partial charge < -0.3 is 9.72 Å². The van der Waals surface area contributed by atoms with Gasteiger partial charge in [-0.15, -0.1) is 11.3 Å². The van der Waals surface area contributed by atoms with Gasteiger partial charge in [0.25, 0.3) is 11.5 Å². The molecule has 2 aromatic carbocycles. The van der Waals surface area contributed by atoms with Crippen LogP contribution in [-0.4, -0.2) is 21.7 Å². The number of amides is 1. The molecule has 2 aromatic heterocycles. The van der Waals surface area contributed by atoms with Gasteiger partial charge >= 0.3 is 0 Å². The minimum Gasteiger partial charge on any atom is -0.479 e. The second-order valence-corrected chi connectivity index (χ2v) is 9.36. The predicted octanol–water partition coefficient (Wildman–Crippen LogP) is 5.60. The highest BCUT2D eigenvalue weighted by Gasteiger charge is 2.21. The Balaban J connectivity index is 1.70. The minimum atomic E-state index is -0.913. The molecule has 0 saturated carbocycles. The highest BCUT2D eigenvalue weighted by molar-refractivity contribution is 7.71. The quantitative estimate of drug-likeness (QED) is 0.361. The number of hydrogen-bond acceptors (Lipinski definition) is 5. The number of H-pyrrole nitrogens is 1. The summed E-state index contributed by atoms with van der Waals surface area (Å²) < 4.78 is 6.87. The second-order valence-electron chi connectivity index (χ2n) is 7.34. The van der Waals surface area contributed by atoms with Crippen LogP contribution < -0.4 is 15.7 Å². The van der Waals surface area contributed by atoms with Crippen molar-refractivity contribution in [3.63, 3.8) is 0 Å². The molecule has 0 spiro atoms. The van der Waals surface area contributed by atoms with Crippen LogP contribution in [0.4, 0.5) is 0 Å². The number of nitrogens with zero attached hydrogens (tertiary/aromatic N) is 1. The number of carbonyl (C=O) groups is 1. The van der Waals surface area contributed by atoms with Crippen molar-refractivity contribution in [2.45, 2.75) is 26.9 Å². The van der Waals surface area contributed by atoms with Crippen molar-refractivity contribution in [3.8, 4) is 16.9 Å². The van der Waals surface area contributed by atoms with E-state index in [1.54, 1.807) is 19.1 Å². The summed E-state index contributed by atoms with van der Waals surface area (Å²) in [4.78, 5) is 30.9. The highest BCUT2D eigenvalue weighted by Crippen LogP contribution is 2.35. The topological polar surface area (TPSA) is 76.1 Å². The molecule has 2 N–H and O–H groups in total. The van der Waals surface area contributed by atoms with Gasteiger partial charge in [-0.25, -0.2) is 0 Å². The first kappa shape index (κ1) is 22.3. The molecule has 6 nitrogen and oxygen atoms in total. The van der Waals surface area contributed by atoms with E-state index in [1.807, 2.05) is 50.2 Å². The van der Waals surface area contributed by atoms with Crippen LogP contribution in [-0.2, 0) is 4.79 Å². The van der Waals surface area contributed by atoms with Gasteiger partial charge in [0.1, 0.15) is 10.6 Å². The first-order valence-electron chi connectivity index (χ1n) is 9.83. The molecule has 0 unspecified atom stereocenters. The average molecular weight is 486 g/mol. The number of rotatable bonds is 5. The molecule has 1 amide bonds. The van der Waals surface area contributed by atoms with Crippen LogP contribution in [0.1, 0.15) is 17.4 Å². The lowest BCUT2D eigenvalue weighted by molar-refractivity contribution is -0.123. The molecule has 4 rings (SSSR count). The Morgan fingerprint density at radius 3 is 2.66 bits per heavy atom. The summed E-state index contributed by atoms with van der Waals surface area (Å²) in [6.07, 6.45) is -0.913. The number of ether oxygens (including phenoxy) is 1. The smallest absolute Gasteiger partial charge is 0.282 e. The Morgan fingerprint density at radius 2 is 1.94 bits per heavy atom. The summed E-state index contributed by atoms with van der Waals surface area (Å²) in [6.45, 7) is 5.43. The second kappa shape index (κ2) is 8.90. The zero-order valence-electron chi connectivity index (χ0n) is 17.6. The molecular formula is C23H20ClN3O3S2. The molecule has 0 aliphatic carbocycles. The van der Waals surface area contributed by atoms with E-state index >= 15 is 0 Å². The fraction of sp³-hybridized carbons (Fsp3) is 0.174. The van der Waals surface area contributed by atoms with E-state index in [2.05, 4.69) is 10.4 Å². The molecule has 0 aliphatic heterocycles. The zero-order valence-corrected chi connectivity index (χ0v) is 20.0. The fourth-order valence-electron chi connectivity index (χ4n) is 3.39. The number of aromatic nitrogens is 2. The Hall–Kier alpha value is -2.94. The Morgan fingerprint density at radius 1 is 1.22 bits per heavy atom. The van der Waals surface area contributed by atoms with Gasteiger partial charge in [0.05, 0.1) is 10.4 Å². The molecule has 0 saturated heterocycles. The van der Waals surface area contributed by atoms with E-state index in [0.717, 1.165) is 26.2 Å². The van der Waals surface area contributed by atoms with Gasteiger partial charge in [-0.3, -0.25) is 15.0 Å². The monoisotopic (exact) mass is 485 g/mol. The lowest BCUT2D eigenvalue weighted by Crippen LogP contribution is -2.40. The molecule has 4 aromatic rings. The van der Waals surface area contributed by atoms with Crippen LogP contribution in [0.5, 0.6) is 5.75 Å². The van der Waals surface area contributed by atoms with E-state index < -0.39 is 17.6 Å². The molecule has 32 heavy (non-hydrogen) atoms. The Bertz CT molecular complexity index is 1440. The van der Waals surface area contributed by atoms with Gasteiger partial charge in [-0.2, -0.15) is 4.68 Å². The van der Waals surface area contributed by atoms with Gasteiger partial charge in [0.2, 0.25) is 4.77 Å². The standard InChI is InChI=1S/C23H20ClN3O3S2/c1-12-9-10-16(24)17(11-12)30-13(2)20(28)26-27-22(29)19-18(15-7-5-4-6-8-15)14(3)32-21(19)25-23(27)31/h4-11,13H,1-3H3,(H,25,31)(H,26,28)/t13-/m1/s1. The summed E-state index contributed by atoms with van der Waals surface area (Å²) in [5.41, 5.74) is 4.86. The predicted molar refractivity (Wildman–Crippen MR) is 132 cm³/mol. The normalized spacial score (nSPS) is 12.0. The maximum atomic E-state index is 13.4. The molecule has 9 heteroatoms. The molecule has 0 aliphatic rings. The van der Waals surface area contributed by atoms with Crippen LogP contribution in [0.25, 0.3) is 21.3 Å². The summed E-state index contributed by atoms with van der Waals surface area (Å²) in [5.74, 6) is -0.140. The van der Waals surface area contributed by atoms with Crippen molar-refractivity contribution in [3.05, 3.63) is 79.1 Å². The maximum absolute atomic E-state index is 13.4. The molecule has 2 heterocycles. The van der Waals surface area contributed by atoms with E-state index in [4.69, 9.17) is 28.6 Å². The van der Waals surface area contributed by atoms with Crippen LogP contribution in [0.3, 0.4) is 0 Å². The molecule has 0 fully saturated rings. The third kappa shape index (κ3) is 4.21. The SMILES string of the molecule is Cc1ccc(Cl)c(O[C@H](C)C(=O)Nn2c(=S)[nH]c3sc(C)c(-c4ccccc4)c3c2=O)c1. The third-order valence-electron chi connectivity index (χ3n) is 4.97. The number of aryl methyl sites for hydroxylation is 2. The van der Waals surface area contributed by atoms with Crippen LogP contribution in [0, 0.1) is 18.6 Å². The van der Waals surface area contributed by atoms with Crippen molar-refractivity contribution in [2.75, 3.05) is 5.43 Å². The van der Waals surface area contributed by atoms with Crippen LogP contribution in [0.15, 0.2) is 53.3 Å². The molecule has 0 bridgehead atoms. The number of thiophene rings is 1. The molecule has 1 atom stereocenters. The molecule has 0 radical (unpaired) electrons. The number of halogens is 1. The summed E-state index contributed by atoms with van der Waals surface area (Å²) in [5, 5.41) is 0.871. The number of carbonyl (C=O) groups excluding carboxylic acids is 1.